The third-order valence-corrected chi connectivity index (χ3v) is 1.70. The van der Waals surface area contributed by atoms with Gasteiger partial charge < -0.3 is 4.74 Å². The van der Waals surface area contributed by atoms with Crippen molar-refractivity contribution in [3.63, 3.8) is 0 Å². The summed E-state index contributed by atoms with van der Waals surface area (Å²) >= 11 is 0. The predicted octanol–water partition coefficient (Wildman–Crippen LogP) is -0.402. The van der Waals surface area contributed by atoms with E-state index in [9.17, 15) is 0 Å². The molecule has 4 heteroatoms. The van der Waals surface area contributed by atoms with Crippen molar-refractivity contribution in [1.82, 2.24) is 10.3 Å². The van der Waals surface area contributed by atoms with E-state index in [0.717, 1.165) is 5.70 Å². The molecule has 1 saturated heterocycles. The lowest BCUT2D eigenvalue weighted by Crippen LogP contribution is -2.41. The van der Waals surface area contributed by atoms with Crippen LogP contribution in [-0.4, -0.2) is 24.5 Å². The van der Waals surface area contributed by atoms with Gasteiger partial charge in [-0.25, -0.2) is 5.84 Å². The Balaban J connectivity index is 2.61. The molecule has 0 aromatic rings. The summed E-state index contributed by atoms with van der Waals surface area (Å²) in [6.07, 6.45) is -0.220. The highest BCUT2D eigenvalue weighted by molar-refractivity contribution is 5.07. The second-order valence-corrected chi connectivity index (χ2v) is 2.38. The van der Waals surface area contributed by atoms with E-state index < -0.39 is 0 Å². The number of hydrazine groups is 1. The van der Waals surface area contributed by atoms with Crippen LogP contribution in [0.15, 0.2) is 12.3 Å². The molecular weight excluding hydrogens is 130 g/mol. The first-order chi connectivity index (χ1) is 4.66. The largest absolute Gasteiger partial charge is 0.347 e. The highest BCUT2D eigenvalue weighted by Crippen LogP contribution is 2.14. The molecule has 1 fully saturated rings. The molecular formula is C6H13N3O. The van der Waals surface area contributed by atoms with E-state index in [-0.39, 0.29) is 12.4 Å². The highest BCUT2D eigenvalue weighted by atomic mass is 16.5. The van der Waals surface area contributed by atoms with Crippen LogP contribution in [0.3, 0.4) is 0 Å². The predicted molar refractivity (Wildman–Crippen MR) is 38.6 cm³/mol. The number of ether oxygens (including phenoxy) is 1. The van der Waals surface area contributed by atoms with Gasteiger partial charge in [0, 0.05) is 18.8 Å². The molecule has 1 rings (SSSR count). The number of nitrogens with two attached hydrogens (primary N) is 1. The van der Waals surface area contributed by atoms with Crippen LogP contribution in [0.4, 0.5) is 0 Å². The number of hydrogen-bond acceptors (Lipinski definition) is 4. The smallest absolute Gasteiger partial charge is 0.200 e. The maximum Gasteiger partial charge on any atom is 0.200 e. The summed E-state index contributed by atoms with van der Waals surface area (Å²) in [6.45, 7) is 5.76. The highest BCUT2D eigenvalue weighted by Gasteiger charge is 2.28. The molecule has 0 bridgehead atoms. The average molecular weight is 143 g/mol. The van der Waals surface area contributed by atoms with Gasteiger partial charge in [-0.1, -0.05) is 6.58 Å². The average Bonchev–Trinajstić information content (AvgIpc) is 2.17. The minimum atomic E-state index is -0.220. The van der Waals surface area contributed by atoms with Gasteiger partial charge >= 0.3 is 0 Å². The Morgan fingerprint density at radius 3 is 2.60 bits per heavy atom. The van der Waals surface area contributed by atoms with Crippen molar-refractivity contribution in [2.75, 3.05) is 7.11 Å². The van der Waals surface area contributed by atoms with Crippen LogP contribution >= 0.6 is 0 Å². The zero-order valence-corrected chi connectivity index (χ0v) is 6.29. The zero-order valence-electron chi connectivity index (χ0n) is 6.29. The lowest BCUT2D eigenvalue weighted by atomic mass is 10.3. The van der Waals surface area contributed by atoms with Crippen molar-refractivity contribution in [1.29, 1.82) is 0 Å². The molecule has 0 radical (unpaired) electrons. The van der Waals surface area contributed by atoms with Gasteiger partial charge in [0.15, 0.2) is 6.35 Å². The monoisotopic (exact) mass is 143 g/mol. The van der Waals surface area contributed by atoms with Gasteiger partial charge in [0.05, 0.1) is 0 Å². The Labute approximate surface area is 60.6 Å². The molecule has 58 valence electrons. The van der Waals surface area contributed by atoms with Crippen molar-refractivity contribution in [2.24, 2.45) is 5.84 Å². The van der Waals surface area contributed by atoms with Crippen LogP contribution in [0.2, 0.25) is 0 Å². The SMILES string of the molecule is C=C1C(C)NC(OC)N1N. The van der Waals surface area contributed by atoms with E-state index in [1.54, 1.807) is 7.11 Å². The summed E-state index contributed by atoms with van der Waals surface area (Å²) in [4.78, 5) is 0. The molecule has 2 unspecified atom stereocenters. The lowest BCUT2D eigenvalue weighted by molar-refractivity contribution is -0.0100. The number of nitrogens with one attached hydrogen (secondary N) is 1. The van der Waals surface area contributed by atoms with E-state index in [1.165, 1.54) is 5.01 Å². The van der Waals surface area contributed by atoms with Crippen molar-refractivity contribution < 1.29 is 4.74 Å². The van der Waals surface area contributed by atoms with Crippen molar-refractivity contribution >= 4 is 0 Å². The fourth-order valence-electron chi connectivity index (χ4n) is 0.946. The van der Waals surface area contributed by atoms with E-state index >= 15 is 0 Å². The van der Waals surface area contributed by atoms with Gasteiger partial charge in [-0.2, -0.15) is 0 Å². The van der Waals surface area contributed by atoms with E-state index in [0.29, 0.717) is 0 Å². The van der Waals surface area contributed by atoms with Gasteiger partial charge in [-0.3, -0.25) is 10.3 Å². The summed E-state index contributed by atoms with van der Waals surface area (Å²) < 4.78 is 4.99. The van der Waals surface area contributed by atoms with Gasteiger partial charge in [-0.05, 0) is 6.92 Å². The normalized spacial score (nSPS) is 33.5. The summed E-state index contributed by atoms with van der Waals surface area (Å²) in [7, 11) is 1.60. The Kier molecular flexibility index (Phi) is 1.94. The summed E-state index contributed by atoms with van der Waals surface area (Å²) in [5, 5.41) is 4.57. The Morgan fingerprint density at radius 2 is 2.40 bits per heavy atom. The van der Waals surface area contributed by atoms with Gasteiger partial charge in [0.2, 0.25) is 0 Å². The quantitative estimate of drug-likeness (QED) is 0.490. The molecule has 3 N–H and O–H groups in total. The second-order valence-electron chi connectivity index (χ2n) is 2.38. The number of nitrogens with zero attached hydrogens (tertiary/aromatic N) is 1. The Bertz CT molecular complexity index is 148. The van der Waals surface area contributed by atoms with Gasteiger partial charge in [0.1, 0.15) is 0 Å². The van der Waals surface area contributed by atoms with Crippen molar-refractivity contribution in [3.05, 3.63) is 12.3 Å². The molecule has 10 heavy (non-hydrogen) atoms. The van der Waals surface area contributed by atoms with Crippen molar-refractivity contribution in [3.8, 4) is 0 Å². The van der Waals surface area contributed by atoms with Crippen LogP contribution in [-0.2, 0) is 4.74 Å². The molecule has 1 aliphatic heterocycles. The topological polar surface area (TPSA) is 50.5 Å². The first-order valence-corrected chi connectivity index (χ1v) is 3.18. The van der Waals surface area contributed by atoms with E-state index in [4.69, 9.17) is 10.6 Å². The zero-order chi connectivity index (χ0) is 7.72. The Hall–Kier alpha value is -0.580. The van der Waals surface area contributed by atoms with E-state index in [2.05, 4.69) is 11.9 Å². The minimum absolute atomic E-state index is 0.204. The van der Waals surface area contributed by atoms with Gasteiger partial charge in [-0.15, -0.1) is 0 Å². The molecule has 1 aliphatic rings. The van der Waals surface area contributed by atoms with Crippen LogP contribution in [0.1, 0.15) is 6.92 Å². The summed E-state index contributed by atoms with van der Waals surface area (Å²) in [5.74, 6) is 5.57. The molecule has 0 spiro atoms. The molecule has 0 aromatic heterocycles. The molecule has 0 aromatic carbocycles. The maximum absolute atomic E-state index is 5.57. The van der Waals surface area contributed by atoms with Gasteiger partial charge in [0.25, 0.3) is 0 Å². The molecule has 1 heterocycles. The third kappa shape index (κ3) is 1.01. The summed E-state index contributed by atoms with van der Waals surface area (Å²) in [5.41, 5.74) is 0.854. The first kappa shape index (κ1) is 7.53. The van der Waals surface area contributed by atoms with Crippen LogP contribution in [0.5, 0.6) is 0 Å². The molecule has 0 amide bonds. The fourth-order valence-corrected chi connectivity index (χ4v) is 0.946. The van der Waals surface area contributed by atoms with E-state index in [1.807, 2.05) is 6.92 Å². The first-order valence-electron chi connectivity index (χ1n) is 3.18. The molecule has 0 saturated carbocycles. The molecule has 0 aliphatic carbocycles. The van der Waals surface area contributed by atoms with Crippen LogP contribution < -0.4 is 11.2 Å². The third-order valence-electron chi connectivity index (χ3n) is 1.70. The summed E-state index contributed by atoms with van der Waals surface area (Å²) in [6, 6.07) is 0.204. The second kappa shape index (κ2) is 2.57. The maximum atomic E-state index is 5.57. The molecule has 4 nitrogen and oxygen atoms in total. The minimum Gasteiger partial charge on any atom is -0.347 e. The number of methoxy groups -OCH3 is 1. The molecule has 2 atom stereocenters. The number of hydrogen-bond donors (Lipinski definition) is 2. The van der Waals surface area contributed by atoms with Crippen LogP contribution in [0.25, 0.3) is 0 Å². The lowest BCUT2D eigenvalue weighted by Gasteiger charge is -2.18. The van der Waals surface area contributed by atoms with Crippen molar-refractivity contribution in [2.45, 2.75) is 19.3 Å². The Morgan fingerprint density at radius 1 is 1.80 bits per heavy atom. The standard InChI is InChI=1S/C6H13N3O/c1-4-5(2)9(7)6(8-4)10-3/h4,6,8H,2,7H2,1,3H3. The number of rotatable bonds is 1. The van der Waals surface area contributed by atoms with Crippen LogP contribution in [0, 0.1) is 0 Å². The fraction of sp³-hybridized carbons (Fsp3) is 0.667.